The highest BCUT2D eigenvalue weighted by Crippen LogP contribution is 2.27. The van der Waals surface area contributed by atoms with Crippen LogP contribution in [-0.4, -0.2) is 43.4 Å². The molecule has 3 rings (SSSR count). The molecule has 0 bridgehead atoms. The summed E-state index contributed by atoms with van der Waals surface area (Å²) in [5.41, 5.74) is 4.38. The smallest absolute Gasteiger partial charge is 0.229 e. The van der Waals surface area contributed by atoms with Gasteiger partial charge in [0.05, 0.1) is 24.5 Å². The number of aromatic hydroxyl groups is 1. The molecule has 5 N–H and O–H groups in total. The lowest BCUT2D eigenvalue weighted by molar-refractivity contribution is -0.120. The van der Waals surface area contributed by atoms with E-state index in [4.69, 9.17) is 11.6 Å². The molecule has 204 valence electrons. The Morgan fingerprint density at radius 3 is 2.47 bits per heavy atom. The van der Waals surface area contributed by atoms with Crippen LogP contribution in [0.4, 0.5) is 5.69 Å². The van der Waals surface area contributed by atoms with Gasteiger partial charge in [-0.1, -0.05) is 54.1 Å². The number of sulfonamides is 1. The Kier molecular flexibility index (Phi) is 10.2. The second kappa shape index (κ2) is 13.1. The first-order valence-electron chi connectivity index (χ1n) is 12.2. The minimum Gasteiger partial charge on any atom is -0.506 e. The molecule has 3 aromatic carbocycles. The second-order valence-corrected chi connectivity index (χ2v) is 11.7. The molecular formula is C28H34ClN3O5S. The number of nitrogens with one attached hydrogen (secondary N) is 3. The van der Waals surface area contributed by atoms with Gasteiger partial charge in [-0.25, -0.2) is 8.42 Å². The molecule has 38 heavy (non-hydrogen) atoms. The zero-order valence-electron chi connectivity index (χ0n) is 21.7. The standard InChI is InChI=1S/C28H34ClN3O5S/c1-18-7-8-22(13-24(18)29)16-31-28(35)14-21-6-4-5-20(12-21)11-19(2)30-17-27(34)23-9-10-26(33)25(15-23)32-38(3,36)37/h4-10,12-13,15,19,27,30,32-34H,11,14,16-17H2,1-3H3,(H,31,35)/t19-,27+/m1/s1. The Labute approximate surface area is 229 Å². The van der Waals surface area contributed by atoms with E-state index in [1.165, 1.54) is 12.1 Å². The van der Waals surface area contributed by atoms with Gasteiger partial charge in [-0.2, -0.15) is 0 Å². The summed E-state index contributed by atoms with van der Waals surface area (Å²) in [6.07, 6.45) is 1.03. The Morgan fingerprint density at radius 2 is 1.76 bits per heavy atom. The monoisotopic (exact) mass is 559 g/mol. The van der Waals surface area contributed by atoms with Gasteiger partial charge in [-0.3, -0.25) is 9.52 Å². The fourth-order valence-corrected chi connectivity index (χ4v) is 4.73. The Bertz CT molecular complexity index is 1380. The first kappa shape index (κ1) is 29.4. The lowest BCUT2D eigenvalue weighted by Gasteiger charge is -2.19. The zero-order valence-corrected chi connectivity index (χ0v) is 23.2. The molecule has 0 aliphatic carbocycles. The summed E-state index contributed by atoms with van der Waals surface area (Å²) >= 11 is 6.16. The number of benzene rings is 3. The summed E-state index contributed by atoms with van der Waals surface area (Å²) in [5.74, 6) is -0.299. The van der Waals surface area contributed by atoms with Crippen molar-refractivity contribution in [2.75, 3.05) is 17.5 Å². The highest BCUT2D eigenvalue weighted by molar-refractivity contribution is 7.92. The average molecular weight is 560 g/mol. The number of hydrogen-bond donors (Lipinski definition) is 5. The van der Waals surface area contributed by atoms with E-state index in [0.717, 1.165) is 28.5 Å². The number of phenolic OH excluding ortho intramolecular Hbond substituents is 1. The topological polar surface area (TPSA) is 128 Å². The number of anilines is 1. The Morgan fingerprint density at radius 1 is 1.03 bits per heavy atom. The fourth-order valence-electron chi connectivity index (χ4n) is 3.96. The Hall–Kier alpha value is -3.11. The van der Waals surface area contributed by atoms with Gasteiger partial charge in [-0.05, 0) is 66.3 Å². The fraction of sp³-hybridized carbons (Fsp3) is 0.321. The van der Waals surface area contributed by atoms with Crippen LogP contribution < -0.4 is 15.4 Å². The van der Waals surface area contributed by atoms with Crippen LogP contribution in [0, 0.1) is 6.92 Å². The number of hydrogen-bond acceptors (Lipinski definition) is 6. The summed E-state index contributed by atoms with van der Waals surface area (Å²) in [6.45, 7) is 4.57. The van der Waals surface area contributed by atoms with Gasteiger partial charge in [0.2, 0.25) is 15.9 Å². The number of carbonyl (C=O) groups is 1. The maximum absolute atomic E-state index is 12.5. The molecule has 0 spiro atoms. The van der Waals surface area contributed by atoms with Crippen LogP contribution in [-0.2, 0) is 34.2 Å². The summed E-state index contributed by atoms with van der Waals surface area (Å²) in [5, 5.41) is 27.4. The normalized spacial score (nSPS) is 13.1. The maximum Gasteiger partial charge on any atom is 0.229 e. The summed E-state index contributed by atoms with van der Waals surface area (Å²) in [4.78, 5) is 12.5. The van der Waals surface area contributed by atoms with E-state index in [-0.39, 0.29) is 36.4 Å². The van der Waals surface area contributed by atoms with Crippen LogP contribution in [0.1, 0.15) is 40.8 Å². The number of aryl methyl sites for hydroxylation is 1. The van der Waals surface area contributed by atoms with E-state index in [1.54, 1.807) is 6.07 Å². The van der Waals surface area contributed by atoms with E-state index in [0.29, 0.717) is 23.6 Å². The van der Waals surface area contributed by atoms with Crippen LogP contribution in [0.2, 0.25) is 5.02 Å². The molecule has 0 aromatic heterocycles. The van der Waals surface area contributed by atoms with Crippen LogP contribution in [0.3, 0.4) is 0 Å². The van der Waals surface area contributed by atoms with Crippen LogP contribution in [0.5, 0.6) is 5.75 Å². The molecule has 0 fully saturated rings. The van der Waals surface area contributed by atoms with Gasteiger partial charge < -0.3 is 20.8 Å². The molecule has 2 atom stereocenters. The van der Waals surface area contributed by atoms with Crippen molar-refractivity contribution in [2.45, 2.75) is 45.4 Å². The van der Waals surface area contributed by atoms with Crippen molar-refractivity contribution in [3.05, 3.63) is 93.5 Å². The first-order chi connectivity index (χ1) is 17.9. The number of carbonyl (C=O) groups excluding carboxylic acids is 1. The third kappa shape index (κ3) is 9.33. The van der Waals surface area contributed by atoms with E-state index in [1.807, 2.05) is 56.3 Å². The molecule has 0 aliphatic heterocycles. The quantitative estimate of drug-likeness (QED) is 0.215. The van der Waals surface area contributed by atoms with Gasteiger partial charge in [-0.15, -0.1) is 0 Å². The van der Waals surface area contributed by atoms with Crippen molar-refractivity contribution in [3.63, 3.8) is 0 Å². The molecule has 0 aliphatic rings. The number of rotatable bonds is 12. The SMILES string of the molecule is Cc1ccc(CNC(=O)Cc2cccc(C[C@@H](C)NC[C@H](O)c3ccc(O)c(NS(C)(=O)=O)c3)c2)cc1Cl. The largest absolute Gasteiger partial charge is 0.506 e. The van der Waals surface area contributed by atoms with Crippen molar-refractivity contribution in [1.29, 1.82) is 0 Å². The third-order valence-corrected chi connectivity index (χ3v) is 6.98. The van der Waals surface area contributed by atoms with Crippen LogP contribution in [0.15, 0.2) is 60.7 Å². The van der Waals surface area contributed by atoms with E-state index >= 15 is 0 Å². The molecule has 8 nitrogen and oxygen atoms in total. The Balaban J connectivity index is 1.50. The lowest BCUT2D eigenvalue weighted by Crippen LogP contribution is -2.32. The number of halogens is 1. The zero-order chi connectivity index (χ0) is 27.9. The predicted octanol–water partition coefficient (Wildman–Crippen LogP) is 3.84. The maximum atomic E-state index is 12.5. The van der Waals surface area contributed by atoms with E-state index in [2.05, 4.69) is 15.4 Å². The van der Waals surface area contributed by atoms with E-state index in [9.17, 15) is 23.4 Å². The lowest BCUT2D eigenvalue weighted by atomic mass is 10.0. The summed E-state index contributed by atoms with van der Waals surface area (Å²) in [7, 11) is -3.57. The first-order valence-corrected chi connectivity index (χ1v) is 14.5. The molecule has 0 radical (unpaired) electrons. The van der Waals surface area contributed by atoms with Gasteiger partial charge in [0, 0.05) is 24.2 Å². The number of aliphatic hydroxyl groups is 1. The molecule has 10 heteroatoms. The predicted molar refractivity (Wildman–Crippen MR) is 151 cm³/mol. The van der Waals surface area contributed by atoms with Gasteiger partial charge in [0.25, 0.3) is 0 Å². The second-order valence-electron chi connectivity index (χ2n) is 9.54. The van der Waals surface area contributed by atoms with Crippen molar-refractivity contribution >= 4 is 33.2 Å². The molecule has 0 heterocycles. The van der Waals surface area contributed by atoms with Gasteiger partial charge in [0.15, 0.2) is 0 Å². The summed E-state index contributed by atoms with van der Waals surface area (Å²) in [6, 6.07) is 17.9. The number of phenols is 1. The summed E-state index contributed by atoms with van der Waals surface area (Å²) < 4.78 is 25.2. The minimum atomic E-state index is -3.57. The van der Waals surface area contributed by atoms with Gasteiger partial charge in [0.1, 0.15) is 5.75 Å². The van der Waals surface area contributed by atoms with Crippen LogP contribution >= 0.6 is 11.6 Å². The molecule has 1 amide bonds. The highest BCUT2D eigenvalue weighted by Gasteiger charge is 2.14. The number of aliphatic hydroxyl groups excluding tert-OH is 1. The molecular weight excluding hydrogens is 526 g/mol. The molecule has 0 unspecified atom stereocenters. The van der Waals surface area contributed by atoms with Crippen molar-refractivity contribution in [3.8, 4) is 5.75 Å². The average Bonchev–Trinajstić information content (AvgIpc) is 2.84. The van der Waals surface area contributed by atoms with Crippen molar-refractivity contribution in [1.82, 2.24) is 10.6 Å². The van der Waals surface area contributed by atoms with Crippen molar-refractivity contribution < 1.29 is 23.4 Å². The highest BCUT2D eigenvalue weighted by atomic mass is 35.5. The van der Waals surface area contributed by atoms with E-state index < -0.39 is 16.1 Å². The molecule has 3 aromatic rings. The minimum absolute atomic E-state index is 0.0145. The van der Waals surface area contributed by atoms with Crippen LogP contribution in [0.25, 0.3) is 0 Å². The van der Waals surface area contributed by atoms with Gasteiger partial charge >= 0.3 is 0 Å². The molecule has 0 saturated carbocycles. The third-order valence-electron chi connectivity index (χ3n) is 5.98. The van der Waals surface area contributed by atoms with Crippen molar-refractivity contribution in [2.24, 2.45) is 0 Å². The molecule has 0 saturated heterocycles. The number of amides is 1.